The lowest BCUT2D eigenvalue weighted by atomic mass is 10.1. The van der Waals surface area contributed by atoms with Gasteiger partial charge in [0.2, 0.25) is 0 Å². The zero-order valence-corrected chi connectivity index (χ0v) is 9.34. The van der Waals surface area contributed by atoms with Crippen LogP contribution in [-0.4, -0.2) is 15.8 Å². The number of hydrogen-bond acceptors (Lipinski definition) is 3. The summed E-state index contributed by atoms with van der Waals surface area (Å²) in [5, 5.41) is 6.74. The summed E-state index contributed by atoms with van der Waals surface area (Å²) in [6.07, 6.45) is 0. The highest BCUT2D eigenvalue weighted by Gasteiger charge is 2.04. The first-order chi connectivity index (χ1) is 8.06. The van der Waals surface area contributed by atoms with Crippen molar-refractivity contribution in [2.24, 2.45) is 12.8 Å². The van der Waals surface area contributed by atoms with E-state index in [-0.39, 0.29) is 0 Å². The number of aromatic nitrogens is 2. The molecule has 6 nitrogen and oxygen atoms in total. The minimum atomic E-state index is -0.583. The molecule has 0 saturated heterocycles. The number of urea groups is 1. The smallest absolute Gasteiger partial charge is 0.316 e. The molecule has 1 heterocycles. The van der Waals surface area contributed by atoms with Crippen LogP contribution < -0.4 is 16.8 Å². The summed E-state index contributed by atoms with van der Waals surface area (Å²) in [6, 6.07) is 8.40. The second-order valence-corrected chi connectivity index (χ2v) is 3.64. The van der Waals surface area contributed by atoms with Gasteiger partial charge in [-0.15, -0.1) is 0 Å². The summed E-state index contributed by atoms with van der Waals surface area (Å²) in [4.78, 5) is 10.7. The third-order valence-electron chi connectivity index (χ3n) is 2.36. The van der Waals surface area contributed by atoms with Crippen LogP contribution in [0.1, 0.15) is 0 Å². The molecule has 0 radical (unpaired) electrons. The molecule has 0 atom stereocenters. The molecule has 5 N–H and O–H groups in total. The third-order valence-corrected chi connectivity index (χ3v) is 2.36. The first-order valence-electron chi connectivity index (χ1n) is 5.02. The van der Waals surface area contributed by atoms with Crippen LogP contribution in [0.4, 0.5) is 16.3 Å². The van der Waals surface area contributed by atoms with E-state index in [0.717, 1.165) is 11.3 Å². The zero-order chi connectivity index (χ0) is 12.4. The minimum Gasteiger partial charge on any atom is -0.384 e. The van der Waals surface area contributed by atoms with Crippen LogP contribution in [-0.2, 0) is 7.05 Å². The molecule has 2 amide bonds. The number of anilines is 2. The average molecular weight is 231 g/mol. The Labute approximate surface area is 98.2 Å². The largest absolute Gasteiger partial charge is 0.384 e. The Morgan fingerprint density at radius 1 is 1.35 bits per heavy atom. The van der Waals surface area contributed by atoms with Crippen molar-refractivity contribution in [1.29, 1.82) is 0 Å². The van der Waals surface area contributed by atoms with Gasteiger partial charge in [-0.05, 0) is 12.1 Å². The van der Waals surface area contributed by atoms with Crippen molar-refractivity contribution >= 4 is 17.5 Å². The molecule has 0 fully saturated rings. The van der Waals surface area contributed by atoms with Crippen molar-refractivity contribution in [2.75, 3.05) is 11.1 Å². The number of nitrogen functional groups attached to an aromatic ring is 1. The van der Waals surface area contributed by atoms with E-state index in [1.54, 1.807) is 29.9 Å². The number of primary amides is 1. The number of carbonyl (C=O) groups excluding carboxylic acids is 1. The Balaban J connectivity index is 2.26. The van der Waals surface area contributed by atoms with Crippen LogP contribution in [0.25, 0.3) is 11.3 Å². The number of benzene rings is 1. The van der Waals surface area contributed by atoms with Gasteiger partial charge in [0.1, 0.15) is 5.82 Å². The van der Waals surface area contributed by atoms with Crippen LogP contribution in [0.3, 0.4) is 0 Å². The maximum atomic E-state index is 10.7. The van der Waals surface area contributed by atoms with Crippen molar-refractivity contribution in [3.8, 4) is 11.3 Å². The summed E-state index contributed by atoms with van der Waals surface area (Å²) in [5.41, 5.74) is 13.1. The highest BCUT2D eigenvalue weighted by atomic mass is 16.2. The first kappa shape index (κ1) is 11.0. The molecule has 0 aliphatic carbocycles. The molecule has 0 aliphatic heterocycles. The summed E-state index contributed by atoms with van der Waals surface area (Å²) < 4.78 is 1.60. The lowest BCUT2D eigenvalue weighted by molar-refractivity contribution is 0.259. The molecule has 0 aliphatic rings. The number of carbonyl (C=O) groups is 1. The fourth-order valence-corrected chi connectivity index (χ4v) is 1.49. The van der Waals surface area contributed by atoms with Gasteiger partial charge in [0.05, 0.1) is 5.69 Å². The van der Waals surface area contributed by atoms with E-state index in [9.17, 15) is 4.79 Å². The maximum Gasteiger partial charge on any atom is 0.316 e. The van der Waals surface area contributed by atoms with E-state index in [2.05, 4.69) is 10.4 Å². The molecular weight excluding hydrogens is 218 g/mol. The predicted molar refractivity (Wildman–Crippen MR) is 66.3 cm³/mol. The summed E-state index contributed by atoms with van der Waals surface area (Å²) in [7, 11) is 1.78. The van der Waals surface area contributed by atoms with Gasteiger partial charge in [-0.25, -0.2) is 4.79 Å². The first-order valence-corrected chi connectivity index (χ1v) is 5.02. The summed E-state index contributed by atoms with van der Waals surface area (Å²) in [6.45, 7) is 0. The van der Waals surface area contributed by atoms with Crippen LogP contribution in [0.15, 0.2) is 30.3 Å². The van der Waals surface area contributed by atoms with Crippen LogP contribution in [0.2, 0.25) is 0 Å². The fourth-order valence-electron chi connectivity index (χ4n) is 1.49. The number of rotatable bonds is 2. The monoisotopic (exact) mass is 231 g/mol. The molecule has 2 rings (SSSR count). The van der Waals surface area contributed by atoms with E-state index >= 15 is 0 Å². The van der Waals surface area contributed by atoms with E-state index < -0.39 is 6.03 Å². The second kappa shape index (κ2) is 4.17. The number of aryl methyl sites for hydroxylation is 1. The number of nitrogens with zero attached hydrogens (tertiary/aromatic N) is 2. The van der Waals surface area contributed by atoms with Gasteiger partial charge in [0.25, 0.3) is 0 Å². The van der Waals surface area contributed by atoms with Crippen molar-refractivity contribution in [3.05, 3.63) is 30.3 Å². The molecule has 0 unspecified atom stereocenters. The molecule has 17 heavy (non-hydrogen) atoms. The number of nitrogens with two attached hydrogens (primary N) is 2. The normalized spacial score (nSPS) is 10.2. The number of hydrogen-bond donors (Lipinski definition) is 3. The van der Waals surface area contributed by atoms with Gasteiger partial charge in [0.15, 0.2) is 0 Å². The fraction of sp³-hybridized carbons (Fsp3) is 0.0909. The quantitative estimate of drug-likeness (QED) is 0.723. The molecule has 6 heteroatoms. The van der Waals surface area contributed by atoms with Gasteiger partial charge in [-0.1, -0.05) is 12.1 Å². The van der Waals surface area contributed by atoms with Crippen molar-refractivity contribution < 1.29 is 4.79 Å². The van der Waals surface area contributed by atoms with Gasteiger partial charge < -0.3 is 16.8 Å². The lowest BCUT2D eigenvalue weighted by Crippen LogP contribution is -2.19. The number of nitrogens with one attached hydrogen (secondary N) is 1. The standard InChI is InChI=1S/C11H13N5O/c1-16-10(12)6-9(15-16)7-2-4-8(5-3-7)14-11(13)17/h2-6H,12H2,1H3,(H3,13,14,17). The Kier molecular flexibility index (Phi) is 2.70. The molecule has 2 aromatic rings. The molecule has 0 bridgehead atoms. The van der Waals surface area contributed by atoms with Crippen LogP contribution in [0.5, 0.6) is 0 Å². The van der Waals surface area contributed by atoms with Crippen molar-refractivity contribution in [1.82, 2.24) is 9.78 Å². The van der Waals surface area contributed by atoms with E-state index in [4.69, 9.17) is 11.5 Å². The van der Waals surface area contributed by atoms with Gasteiger partial charge in [-0.3, -0.25) is 4.68 Å². The predicted octanol–water partition coefficient (Wildman–Crippen LogP) is 1.16. The highest BCUT2D eigenvalue weighted by Crippen LogP contribution is 2.21. The molecule has 1 aromatic heterocycles. The third kappa shape index (κ3) is 2.36. The average Bonchev–Trinajstić information content (AvgIpc) is 2.59. The molecular formula is C11H13N5O. The summed E-state index contributed by atoms with van der Waals surface area (Å²) >= 11 is 0. The SMILES string of the molecule is Cn1nc(-c2ccc(NC(N)=O)cc2)cc1N. The molecule has 0 spiro atoms. The van der Waals surface area contributed by atoms with Crippen LogP contribution in [0, 0.1) is 0 Å². The van der Waals surface area contributed by atoms with Gasteiger partial charge in [-0.2, -0.15) is 5.10 Å². The molecule has 0 saturated carbocycles. The summed E-state index contributed by atoms with van der Waals surface area (Å²) in [5.74, 6) is 0.597. The Bertz CT molecular complexity index is 524. The number of amides is 2. The maximum absolute atomic E-state index is 10.7. The van der Waals surface area contributed by atoms with Crippen LogP contribution >= 0.6 is 0 Å². The molecule has 1 aromatic carbocycles. The van der Waals surface area contributed by atoms with Gasteiger partial charge in [0, 0.05) is 24.4 Å². The molecule has 88 valence electrons. The van der Waals surface area contributed by atoms with E-state index in [1.165, 1.54) is 0 Å². The second-order valence-electron chi connectivity index (χ2n) is 3.64. The Hall–Kier alpha value is -2.50. The van der Waals surface area contributed by atoms with Crippen molar-refractivity contribution in [2.45, 2.75) is 0 Å². The lowest BCUT2D eigenvalue weighted by Gasteiger charge is -2.02. The minimum absolute atomic E-state index is 0.583. The Morgan fingerprint density at radius 2 is 2.00 bits per heavy atom. The zero-order valence-electron chi connectivity index (χ0n) is 9.34. The topological polar surface area (TPSA) is 99.0 Å². The van der Waals surface area contributed by atoms with E-state index in [0.29, 0.717) is 11.5 Å². The van der Waals surface area contributed by atoms with Gasteiger partial charge >= 0.3 is 6.03 Å². The Morgan fingerprint density at radius 3 is 2.47 bits per heavy atom. The highest BCUT2D eigenvalue weighted by molar-refractivity contribution is 5.88. The van der Waals surface area contributed by atoms with E-state index in [1.807, 2.05) is 12.1 Å². The van der Waals surface area contributed by atoms with Crippen molar-refractivity contribution in [3.63, 3.8) is 0 Å².